The van der Waals surface area contributed by atoms with E-state index in [1.165, 1.54) is 4.90 Å². The molecule has 0 aromatic rings. The average molecular weight is 475 g/mol. The van der Waals surface area contributed by atoms with Gasteiger partial charge in [-0.05, 0) is 26.2 Å². The fourth-order valence-electron chi connectivity index (χ4n) is 3.21. The van der Waals surface area contributed by atoms with Gasteiger partial charge in [0.1, 0.15) is 6.54 Å². The van der Waals surface area contributed by atoms with Crippen molar-refractivity contribution in [1.29, 1.82) is 0 Å². The van der Waals surface area contributed by atoms with Crippen LogP contribution in [0.25, 0.3) is 0 Å². The van der Waals surface area contributed by atoms with Crippen LogP contribution in [0.2, 0.25) is 0 Å². The molecule has 0 atom stereocenters. The molecule has 0 unspecified atom stereocenters. The van der Waals surface area contributed by atoms with E-state index >= 15 is 0 Å². The number of carboxylic acids is 2. The van der Waals surface area contributed by atoms with Crippen LogP contribution in [0.5, 0.6) is 0 Å². The van der Waals surface area contributed by atoms with E-state index in [0.717, 1.165) is 31.1 Å². The normalized spacial score (nSPS) is 11.1. The van der Waals surface area contributed by atoms with E-state index < -0.39 is 31.1 Å². The first-order valence-corrected chi connectivity index (χ1v) is 11.6. The van der Waals surface area contributed by atoms with Gasteiger partial charge in [0, 0.05) is 39.3 Å². The number of rotatable bonds is 19. The van der Waals surface area contributed by atoms with Crippen molar-refractivity contribution in [1.82, 2.24) is 30.2 Å². The molecule has 4 N–H and O–H groups in total. The number of carbonyl (C=O) groups is 4. The molecule has 0 radical (unpaired) electrons. The largest absolute Gasteiger partial charge is 0.480 e. The number of hydrogen-bond acceptors (Lipinski definition) is 7. The van der Waals surface area contributed by atoms with Crippen LogP contribution in [-0.4, -0.2) is 139 Å². The third kappa shape index (κ3) is 15.1. The number of nitrogens with zero attached hydrogens (tertiary/aromatic N) is 4. The summed E-state index contributed by atoms with van der Waals surface area (Å²) in [6, 6.07) is -0.538. The van der Waals surface area contributed by atoms with Gasteiger partial charge in [-0.25, -0.2) is 4.79 Å². The molecule has 0 rings (SSSR count). The Morgan fingerprint density at radius 2 is 1.09 bits per heavy atom. The fraction of sp³-hybridized carbons (Fsp3) is 0.810. The lowest BCUT2D eigenvalue weighted by Gasteiger charge is -2.26. The Morgan fingerprint density at radius 3 is 1.55 bits per heavy atom. The first kappa shape index (κ1) is 30.6. The van der Waals surface area contributed by atoms with E-state index in [1.54, 1.807) is 0 Å². The van der Waals surface area contributed by atoms with Crippen LogP contribution in [0.4, 0.5) is 4.79 Å². The smallest absolute Gasteiger partial charge is 0.323 e. The van der Waals surface area contributed by atoms with Crippen molar-refractivity contribution < 1.29 is 29.4 Å². The maximum Gasteiger partial charge on any atom is 0.323 e. The predicted octanol–water partition coefficient (Wildman–Crippen LogP) is -0.731. The summed E-state index contributed by atoms with van der Waals surface area (Å²) in [5.74, 6) is -2.61. The molecular formula is C21H42N6O6. The molecule has 0 bridgehead atoms. The van der Waals surface area contributed by atoms with Crippen LogP contribution in [0.15, 0.2) is 0 Å². The van der Waals surface area contributed by atoms with Gasteiger partial charge >= 0.3 is 18.0 Å². The minimum absolute atomic E-state index is 0.0244. The summed E-state index contributed by atoms with van der Waals surface area (Å²) in [7, 11) is 0. The summed E-state index contributed by atoms with van der Waals surface area (Å²) in [5.41, 5.74) is 0. The number of likely N-dealkylation sites (N-methyl/N-ethyl adjacent to an activating group) is 2. The maximum atomic E-state index is 12.5. The summed E-state index contributed by atoms with van der Waals surface area (Å²) in [5, 5.41) is 23.8. The quantitative estimate of drug-likeness (QED) is 0.190. The Morgan fingerprint density at radius 1 is 0.606 bits per heavy atom. The van der Waals surface area contributed by atoms with Crippen molar-refractivity contribution in [2.75, 3.05) is 85.1 Å². The van der Waals surface area contributed by atoms with Crippen molar-refractivity contribution >= 4 is 23.9 Å². The minimum atomic E-state index is -1.17. The van der Waals surface area contributed by atoms with Gasteiger partial charge in [0.2, 0.25) is 5.91 Å². The van der Waals surface area contributed by atoms with E-state index in [9.17, 15) is 24.3 Å². The molecule has 0 aliphatic heterocycles. The fourth-order valence-corrected chi connectivity index (χ4v) is 3.21. The molecule has 0 fully saturated rings. The highest BCUT2D eigenvalue weighted by Crippen LogP contribution is 1.96. The second-order valence-electron chi connectivity index (χ2n) is 7.56. The van der Waals surface area contributed by atoms with Crippen molar-refractivity contribution in [2.24, 2.45) is 0 Å². The topological polar surface area (TPSA) is 146 Å². The number of carboxylic acid groups (broad SMARTS) is 2. The summed E-state index contributed by atoms with van der Waals surface area (Å²) >= 11 is 0. The van der Waals surface area contributed by atoms with Crippen molar-refractivity contribution in [3.63, 3.8) is 0 Å². The maximum absolute atomic E-state index is 12.5. The van der Waals surface area contributed by atoms with Crippen molar-refractivity contribution in [2.45, 2.75) is 27.7 Å². The molecule has 192 valence electrons. The second-order valence-corrected chi connectivity index (χ2v) is 7.56. The lowest BCUT2D eigenvalue weighted by atomic mass is 10.3. The van der Waals surface area contributed by atoms with Gasteiger partial charge in [-0.3, -0.25) is 19.3 Å². The summed E-state index contributed by atoms with van der Waals surface area (Å²) in [4.78, 5) is 53.9. The number of aliphatic carboxylic acids is 2. The lowest BCUT2D eigenvalue weighted by molar-refractivity contribution is -0.140. The highest BCUT2D eigenvalue weighted by Gasteiger charge is 2.20. The van der Waals surface area contributed by atoms with Crippen LogP contribution < -0.4 is 10.6 Å². The third-order valence-corrected chi connectivity index (χ3v) is 5.27. The predicted molar refractivity (Wildman–Crippen MR) is 125 cm³/mol. The molecule has 0 heterocycles. The number of nitrogens with one attached hydrogen (secondary N) is 2. The SMILES string of the molecule is CCN(CC)CCNC(=O)CN(CCN(CC(=O)O)C(=O)NCCN(CC)CC)CC(=O)O. The van der Waals surface area contributed by atoms with Crippen molar-refractivity contribution in [3.8, 4) is 0 Å². The van der Waals surface area contributed by atoms with E-state index in [0.29, 0.717) is 26.2 Å². The zero-order valence-corrected chi connectivity index (χ0v) is 20.5. The Hall–Kier alpha value is -2.44. The summed E-state index contributed by atoms with van der Waals surface area (Å²) in [6.07, 6.45) is 0. The van der Waals surface area contributed by atoms with E-state index in [2.05, 4.69) is 20.4 Å². The first-order chi connectivity index (χ1) is 15.7. The molecule has 0 aromatic carbocycles. The van der Waals surface area contributed by atoms with Crippen molar-refractivity contribution in [3.05, 3.63) is 0 Å². The highest BCUT2D eigenvalue weighted by molar-refractivity contribution is 5.80. The molecule has 0 aliphatic rings. The Labute approximate surface area is 196 Å². The molecule has 0 saturated carbocycles. The molecule has 0 spiro atoms. The molecule has 12 heteroatoms. The molecule has 33 heavy (non-hydrogen) atoms. The third-order valence-electron chi connectivity index (χ3n) is 5.27. The highest BCUT2D eigenvalue weighted by atomic mass is 16.4. The summed E-state index contributed by atoms with van der Waals surface area (Å²) in [6.45, 7) is 12.6. The molecule has 0 saturated heterocycles. The molecule has 0 aliphatic carbocycles. The van der Waals surface area contributed by atoms with E-state index in [-0.39, 0.29) is 25.5 Å². The average Bonchev–Trinajstić information content (AvgIpc) is 2.76. The first-order valence-electron chi connectivity index (χ1n) is 11.6. The second kappa shape index (κ2) is 18.0. The monoisotopic (exact) mass is 474 g/mol. The number of amides is 3. The van der Waals surface area contributed by atoms with Crippen LogP contribution in [0.1, 0.15) is 27.7 Å². The number of carbonyl (C=O) groups excluding carboxylic acids is 2. The van der Waals surface area contributed by atoms with Crippen LogP contribution in [0, 0.1) is 0 Å². The van der Waals surface area contributed by atoms with E-state index in [4.69, 9.17) is 5.11 Å². The van der Waals surface area contributed by atoms with Crippen LogP contribution in [-0.2, 0) is 14.4 Å². The minimum Gasteiger partial charge on any atom is -0.480 e. The molecule has 3 amide bonds. The van der Waals surface area contributed by atoms with Gasteiger partial charge in [-0.1, -0.05) is 27.7 Å². The lowest BCUT2D eigenvalue weighted by Crippen LogP contribution is -2.49. The molecule has 0 aromatic heterocycles. The van der Waals surface area contributed by atoms with Crippen LogP contribution >= 0.6 is 0 Å². The molecule has 12 nitrogen and oxygen atoms in total. The van der Waals surface area contributed by atoms with Crippen LogP contribution in [0.3, 0.4) is 0 Å². The Balaban J connectivity index is 4.82. The van der Waals surface area contributed by atoms with E-state index in [1.807, 2.05) is 27.7 Å². The number of urea groups is 1. The number of hydrogen-bond donors (Lipinski definition) is 4. The Kier molecular flexibility index (Phi) is 16.7. The standard InChI is InChI=1S/C21H42N6O6/c1-5-24(6-2)11-9-22-18(28)15-26(16-19(29)30)13-14-27(17-20(31)32)21(33)23-10-12-25(7-3)8-4/h5-17H2,1-4H3,(H,22,28)(H,23,33)(H,29,30)(H,31,32). The van der Waals surface area contributed by atoms with Gasteiger partial charge in [-0.2, -0.15) is 0 Å². The zero-order valence-electron chi connectivity index (χ0n) is 20.5. The zero-order chi connectivity index (χ0) is 25.2. The molecular weight excluding hydrogens is 432 g/mol. The Bertz CT molecular complexity index is 598. The van der Waals surface area contributed by atoms with Gasteiger partial charge in [0.15, 0.2) is 0 Å². The van der Waals surface area contributed by atoms with Gasteiger partial charge in [-0.15, -0.1) is 0 Å². The van der Waals surface area contributed by atoms with Gasteiger partial charge in [0.05, 0.1) is 13.1 Å². The van der Waals surface area contributed by atoms with Gasteiger partial charge in [0.25, 0.3) is 0 Å². The van der Waals surface area contributed by atoms with Gasteiger partial charge < -0.3 is 35.5 Å². The summed E-state index contributed by atoms with van der Waals surface area (Å²) < 4.78 is 0.